The van der Waals surface area contributed by atoms with Crippen LogP contribution in [0.15, 0.2) is 55.6 Å². The minimum atomic E-state index is -1.12. The lowest BCUT2D eigenvalue weighted by Gasteiger charge is -2.35. The average molecular weight is 658 g/mol. The Morgan fingerprint density at radius 3 is 1.89 bits per heavy atom. The van der Waals surface area contributed by atoms with Crippen LogP contribution in [0.4, 0.5) is 9.59 Å². The Kier molecular flexibility index (Phi) is 17.6. The van der Waals surface area contributed by atoms with Gasteiger partial charge in [0, 0.05) is 13.1 Å². The molecule has 2 rings (SSSR count). The molecule has 1 aromatic rings. The van der Waals surface area contributed by atoms with Crippen LogP contribution in [0, 0.1) is 17.8 Å². The first-order valence-electron chi connectivity index (χ1n) is 16.6. The number of aliphatic hydroxyl groups is 1. The van der Waals surface area contributed by atoms with Crippen molar-refractivity contribution in [2.75, 3.05) is 26.3 Å². The van der Waals surface area contributed by atoms with E-state index >= 15 is 0 Å². The highest BCUT2D eigenvalue weighted by molar-refractivity contribution is 5.86. The molecule has 5 N–H and O–H groups in total. The molecule has 12 heteroatoms. The fourth-order valence-corrected chi connectivity index (χ4v) is 5.53. The molecule has 0 saturated heterocycles. The van der Waals surface area contributed by atoms with Gasteiger partial charge >= 0.3 is 12.2 Å². The normalized spacial score (nSPS) is 16.0. The van der Waals surface area contributed by atoms with Crippen molar-refractivity contribution >= 4 is 24.0 Å². The zero-order valence-electron chi connectivity index (χ0n) is 28.4. The molecule has 0 heterocycles. The average Bonchev–Trinajstić information content (AvgIpc) is 3.04. The highest BCUT2D eigenvalue weighted by Gasteiger charge is 2.33. The quantitative estimate of drug-likeness (QED) is 0.111. The molecule has 1 aliphatic rings. The van der Waals surface area contributed by atoms with Gasteiger partial charge in [0.05, 0.1) is 12.1 Å². The number of amides is 4. The number of ether oxygens (including phenoxy) is 2. The number of alkyl carbamates (subject to hydrolysis) is 2. The van der Waals surface area contributed by atoms with Crippen molar-refractivity contribution in [2.45, 2.75) is 90.4 Å². The van der Waals surface area contributed by atoms with Gasteiger partial charge in [-0.1, -0.05) is 103 Å². The zero-order valence-corrected chi connectivity index (χ0v) is 28.4. The second kappa shape index (κ2) is 21.1. The number of aliphatic hydroxyl groups excluding tert-OH is 1. The summed E-state index contributed by atoms with van der Waals surface area (Å²) < 4.78 is 10.1. The molecule has 4 amide bonds. The number of hydrogen-bond acceptors (Lipinski definition) is 8. The Labute approximate surface area is 279 Å². The maximum Gasteiger partial charge on any atom is 0.408 e. The second-order valence-corrected chi connectivity index (χ2v) is 12.8. The van der Waals surface area contributed by atoms with Crippen LogP contribution >= 0.6 is 0 Å². The minimum Gasteiger partial charge on any atom is -0.445 e. The molecule has 0 radical (unpaired) electrons. The summed E-state index contributed by atoms with van der Waals surface area (Å²) >= 11 is 0. The standard InChI is InChI=1S/C35H55N5O7/c1-7-19-46-34(44)37-30(24(3)4)32(42)36-28(21-26-15-11-9-12-16-26)29(41)23-40(22-27-17-13-10-14-18-27)39-33(43)31(25(5)6)38-35(45)47-20-8-2/h7-9,11-12,15-16,24-25,27-31,41H,1-2,10,13-14,17-23H2,3-6H3,(H,36,42)(H,37,44)(H,38,45)(H,39,43)/t28-,29+,30?,31?/m0/s1. The van der Waals surface area contributed by atoms with Gasteiger partial charge in [-0.2, -0.15) is 0 Å². The third kappa shape index (κ3) is 14.6. The summed E-state index contributed by atoms with van der Waals surface area (Å²) in [5.74, 6) is -1.14. The molecular formula is C35H55N5O7. The summed E-state index contributed by atoms with van der Waals surface area (Å²) in [6.45, 7) is 14.8. The Balaban J connectivity index is 2.30. The molecule has 4 atom stereocenters. The first-order chi connectivity index (χ1) is 22.4. The monoisotopic (exact) mass is 657 g/mol. The van der Waals surface area contributed by atoms with Gasteiger partial charge in [-0.15, -0.1) is 0 Å². The van der Waals surface area contributed by atoms with Crippen LogP contribution in [0.5, 0.6) is 0 Å². The summed E-state index contributed by atoms with van der Waals surface area (Å²) in [4.78, 5) is 51.7. The van der Waals surface area contributed by atoms with Gasteiger partial charge in [0.15, 0.2) is 0 Å². The maximum atomic E-state index is 13.6. The van der Waals surface area contributed by atoms with E-state index in [0.29, 0.717) is 18.9 Å². The Bertz CT molecular complexity index is 1140. The molecule has 12 nitrogen and oxygen atoms in total. The molecule has 0 aliphatic heterocycles. The first-order valence-corrected chi connectivity index (χ1v) is 16.6. The van der Waals surface area contributed by atoms with Gasteiger partial charge in [0.1, 0.15) is 25.3 Å². The number of benzene rings is 1. The van der Waals surface area contributed by atoms with Crippen LogP contribution in [0.2, 0.25) is 0 Å². The van der Waals surface area contributed by atoms with E-state index in [9.17, 15) is 24.3 Å². The summed E-state index contributed by atoms with van der Waals surface area (Å²) in [6.07, 6.45) is 5.91. The third-order valence-electron chi connectivity index (χ3n) is 8.08. The van der Waals surface area contributed by atoms with Crippen molar-refractivity contribution in [3.05, 3.63) is 61.2 Å². The Morgan fingerprint density at radius 2 is 1.38 bits per heavy atom. The molecule has 0 aromatic heterocycles. The van der Waals surface area contributed by atoms with Crippen molar-refractivity contribution in [3.8, 4) is 0 Å². The summed E-state index contributed by atoms with van der Waals surface area (Å²) in [5, 5.41) is 21.6. The van der Waals surface area contributed by atoms with E-state index in [2.05, 4.69) is 34.5 Å². The van der Waals surface area contributed by atoms with Gasteiger partial charge in [-0.05, 0) is 42.6 Å². The lowest BCUT2D eigenvalue weighted by atomic mass is 9.89. The minimum absolute atomic E-state index is 0.000637. The van der Waals surface area contributed by atoms with E-state index < -0.39 is 48.2 Å². The van der Waals surface area contributed by atoms with Crippen LogP contribution in [-0.2, 0) is 25.5 Å². The number of nitrogens with zero attached hydrogens (tertiary/aromatic N) is 1. The van der Waals surface area contributed by atoms with Gasteiger partial charge in [0.2, 0.25) is 5.91 Å². The van der Waals surface area contributed by atoms with E-state index in [4.69, 9.17) is 9.47 Å². The lowest BCUT2D eigenvalue weighted by molar-refractivity contribution is -0.131. The van der Waals surface area contributed by atoms with Gasteiger partial charge in [-0.3, -0.25) is 15.0 Å². The van der Waals surface area contributed by atoms with Gasteiger partial charge in [-0.25, -0.2) is 14.6 Å². The van der Waals surface area contributed by atoms with Crippen LogP contribution in [0.1, 0.15) is 65.4 Å². The van der Waals surface area contributed by atoms with E-state index in [0.717, 1.165) is 37.7 Å². The largest absolute Gasteiger partial charge is 0.445 e. The van der Waals surface area contributed by atoms with Crippen molar-refractivity contribution in [1.29, 1.82) is 0 Å². The molecular weight excluding hydrogens is 602 g/mol. The summed E-state index contributed by atoms with van der Waals surface area (Å²) in [5.41, 5.74) is 3.84. The first kappa shape index (κ1) is 39.3. The Hall–Kier alpha value is -3.90. The Morgan fingerprint density at radius 1 is 0.851 bits per heavy atom. The lowest BCUT2D eigenvalue weighted by Crippen LogP contribution is -2.60. The number of carbonyl (C=O) groups is 4. The van der Waals surface area contributed by atoms with Crippen molar-refractivity contribution in [3.63, 3.8) is 0 Å². The molecule has 2 unspecified atom stereocenters. The van der Waals surface area contributed by atoms with Gasteiger partial charge < -0.3 is 30.5 Å². The molecule has 0 spiro atoms. The fraction of sp³-hybridized carbons (Fsp3) is 0.600. The van der Waals surface area contributed by atoms with Crippen LogP contribution in [-0.4, -0.2) is 84.6 Å². The highest BCUT2D eigenvalue weighted by Crippen LogP contribution is 2.24. The smallest absolute Gasteiger partial charge is 0.408 e. The molecule has 262 valence electrons. The topological polar surface area (TPSA) is 158 Å². The molecule has 1 aliphatic carbocycles. The summed E-state index contributed by atoms with van der Waals surface area (Å²) in [6, 6.07) is 6.87. The molecule has 1 saturated carbocycles. The predicted octanol–water partition coefficient (Wildman–Crippen LogP) is 3.86. The number of nitrogens with one attached hydrogen (secondary N) is 4. The van der Waals surface area contributed by atoms with Crippen molar-refractivity contribution in [2.24, 2.45) is 17.8 Å². The van der Waals surface area contributed by atoms with Crippen LogP contribution in [0.3, 0.4) is 0 Å². The molecule has 47 heavy (non-hydrogen) atoms. The van der Waals surface area contributed by atoms with E-state index in [1.807, 2.05) is 44.2 Å². The summed E-state index contributed by atoms with van der Waals surface area (Å²) in [7, 11) is 0. The predicted molar refractivity (Wildman–Crippen MR) is 181 cm³/mol. The van der Waals surface area contributed by atoms with Crippen molar-refractivity contribution < 1.29 is 33.8 Å². The molecule has 1 fully saturated rings. The SMILES string of the molecule is C=CCOC(=O)NC(C(=O)N[C@@H](Cc1ccccc1)[C@H](O)CN(CC1CCCCC1)NC(=O)C(NC(=O)OCC=C)C(C)C)C(C)C. The number of hydrogen-bond donors (Lipinski definition) is 5. The number of carbonyl (C=O) groups excluding carboxylic acids is 4. The van der Waals surface area contributed by atoms with E-state index in [1.54, 1.807) is 18.9 Å². The third-order valence-corrected chi connectivity index (χ3v) is 8.08. The van der Waals surface area contributed by atoms with Gasteiger partial charge in [0.25, 0.3) is 5.91 Å². The van der Waals surface area contributed by atoms with Crippen LogP contribution in [0.25, 0.3) is 0 Å². The second-order valence-electron chi connectivity index (χ2n) is 12.8. The van der Waals surface area contributed by atoms with E-state index in [1.165, 1.54) is 12.2 Å². The number of rotatable bonds is 19. The maximum absolute atomic E-state index is 13.6. The fourth-order valence-electron chi connectivity index (χ4n) is 5.53. The highest BCUT2D eigenvalue weighted by atomic mass is 16.6. The van der Waals surface area contributed by atoms with Crippen molar-refractivity contribution in [1.82, 2.24) is 26.4 Å². The van der Waals surface area contributed by atoms with E-state index in [-0.39, 0.29) is 31.6 Å². The van der Waals surface area contributed by atoms with Crippen LogP contribution < -0.4 is 21.4 Å². The molecule has 0 bridgehead atoms. The zero-order chi connectivity index (χ0) is 34.8. The molecule has 1 aromatic carbocycles. The number of hydrazine groups is 1.